The third-order valence-corrected chi connectivity index (χ3v) is 15.9. The molecule has 1 saturated carbocycles. The van der Waals surface area contributed by atoms with E-state index in [9.17, 15) is 54.3 Å². The fourth-order valence-electron chi connectivity index (χ4n) is 10.8. The Morgan fingerprint density at radius 3 is 2.22 bits per heavy atom. The number of Topliss-reactive ketones (excluding diaryl/α,β-unsaturated/α-hetero) is 3. The fraction of sp³-hybridized carbons (Fsp3) is 0.750. The van der Waals surface area contributed by atoms with Crippen LogP contribution in [0.15, 0.2) is 47.6 Å². The number of cyclic esters (lactones) is 1. The molecule has 0 aromatic carbocycles. The Morgan fingerprint density at radius 2 is 1.58 bits per heavy atom. The topological polar surface area (TPSA) is 262 Å². The first-order valence-electron chi connectivity index (χ1n) is 26.6. The number of nitrogens with zero attached hydrogens (tertiary/aromatic N) is 1. The van der Waals surface area contributed by atoms with E-state index in [0.717, 1.165) is 4.90 Å². The van der Waals surface area contributed by atoms with Gasteiger partial charge in [0.25, 0.3) is 11.7 Å². The number of aliphatic hydroxyl groups is 5. The minimum atomic E-state index is -2.53. The summed E-state index contributed by atoms with van der Waals surface area (Å²) in [6, 6.07) is -1.23. The average molecular weight is 1050 g/mol. The zero-order chi connectivity index (χ0) is 55.1. The van der Waals surface area contributed by atoms with Crippen LogP contribution in [0, 0.1) is 40.9 Å². The van der Waals surface area contributed by atoms with Gasteiger partial charge in [-0.3, -0.25) is 24.0 Å². The van der Waals surface area contributed by atoms with E-state index in [-0.39, 0.29) is 55.8 Å². The van der Waals surface area contributed by atoms with E-state index in [2.05, 4.69) is 0 Å². The second-order valence-electron chi connectivity index (χ2n) is 21.8. The Morgan fingerprint density at radius 1 is 0.878 bits per heavy atom. The van der Waals surface area contributed by atoms with E-state index < -0.39 is 120 Å². The second kappa shape index (κ2) is 29.0. The molecule has 0 aromatic rings. The Bertz CT molecular complexity index is 2030. The van der Waals surface area contributed by atoms with Gasteiger partial charge in [-0.1, -0.05) is 71.1 Å². The van der Waals surface area contributed by atoms with Gasteiger partial charge in [-0.2, -0.15) is 0 Å². The highest BCUT2D eigenvalue weighted by Crippen LogP contribution is 2.38. The highest BCUT2D eigenvalue weighted by molar-refractivity contribution is 6.39. The van der Waals surface area contributed by atoms with Crippen LogP contribution in [0.2, 0.25) is 0 Å². The standard InChI is InChI=1S/C56H87NO17/c1-33-16-12-11-13-17-40(30-58)46(69-8)28-41-21-19-38(6)56(68,74-41)51(64)52(65)57-23-15-14-18-42(57)53(66)72-45(29-43(61)34(2)25-37(5)49(63)50(71-10)48(62)36(4)24-33)35(3)26-39-20-22-44(47(27-39)70-9)73-54(67)55(7,31-59)32-60/h11-13,16-17,25,33-36,38-39,41-42,44-47,49-50,58-60,63,68H,14-15,18-24,26-32H2,1-10H3/b13-11+,16-12+,37-25+,40-17+/t33-,34-,35-,36-,38-,39+,41+,42+,44-,45+,46+,47-,49-,50+,56-/m1/s1. The normalized spacial score (nSPS) is 37.1. The summed E-state index contributed by atoms with van der Waals surface area (Å²) in [5, 5.41) is 53.5. The lowest BCUT2D eigenvalue weighted by atomic mass is 9.78. The molecule has 3 heterocycles. The lowest BCUT2D eigenvalue weighted by Gasteiger charge is -2.42. The number of amides is 1. The molecule has 4 aliphatic rings. The largest absolute Gasteiger partial charge is 0.460 e. The van der Waals surface area contributed by atoms with Gasteiger partial charge in [0, 0.05) is 58.5 Å². The van der Waals surface area contributed by atoms with Gasteiger partial charge in [-0.15, -0.1) is 0 Å². The number of aliphatic hydroxyl groups excluding tert-OH is 4. The Hall–Kier alpha value is -3.98. The SMILES string of the molecule is CO[C@H]1C[C@@H]2CC[C@@H](C)[C@@](O)(O2)C(=O)C(=O)N2CCCC[C@H]2C(=O)O[C@H]([C@H](C)C[C@@H]2CC[C@@H](OC(=O)C(C)(CO)CO)[C@H](OC)C2)CC(=O)[C@H](C)/C=C(\C)[C@@H](O)[C@@H](OC)C(=O)[C@H](C)C[C@H](C)/C=C/C=C/C=C/1CO. The van der Waals surface area contributed by atoms with Gasteiger partial charge < -0.3 is 58.9 Å². The van der Waals surface area contributed by atoms with E-state index in [1.165, 1.54) is 28.3 Å². The van der Waals surface area contributed by atoms with Crippen LogP contribution in [-0.2, 0) is 57.2 Å². The molecule has 3 aliphatic heterocycles. The van der Waals surface area contributed by atoms with Crippen molar-refractivity contribution in [1.29, 1.82) is 0 Å². The Labute approximate surface area is 437 Å². The highest BCUT2D eigenvalue weighted by Gasteiger charge is 2.53. The Balaban J connectivity index is 1.70. The van der Waals surface area contributed by atoms with Gasteiger partial charge in [-0.25, -0.2) is 4.79 Å². The van der Waals surface area contributed by atoms with Crippen LogP contribution in [-0.4, -0.2) is 168 Å². The van der Waals surface area contributed by atoms with Crippen molar-refractivity contribution in [2.75, 3.05) is 47.7 Å². The summed E-state index contributed by atoms with van der Waals surface area (Å²) in [5.74, 6) is -9.76. The van der Waals surface area contributed by atoms with E-state index in [0.29, 0.717) is 68.9 Å². The number of esters is 2. The molecule has 418 valence electrons. The summed E-state index contributed by atoms with van der Waals surface area (Å²) in [6.45, 7) is 10.3. The van der Waals surface area contributed by atoms with Crippen LogP contribution in [0.5, 0.6) is 0 Å². The number of methoxy groups -OCH3 is 3. The lowest BCUT2D eigenvalue weighted by Crippen LogP contribution is -2.61. The maximum atomic E-state index is 14.6. The number of ketones is 3. The van der Waals surface area contributed by atoms with Crippen molar-refractivity contribution in [3.63, 3.8) is 0 Å². The van der Waals surface area contributed by atoms with E-state index in [1.807, 2.05) is 26.0 Å². The molecular weight excluding hydrogens is 959 g/mol. The molecule has 2 bridgehead atoms. The molecule has 0 spiro atoms. The fourth-order valence-corrected chi connectivity index (χ4v) is 10.8. The molecule has 0 aromatic heterocycles. The van der Waals surface area contributed by atoms with E-state index in [4.69, 9.17) is 28.4 Å². The molecule has 0 radical (unpaired) electrons. The molecule has 2 saturated heterocycles. The highest BCUT2D eigenvalue weighted by atomic mass is 16.6. The summed E-state index contributed by atoms with van der Waals surface area (Å²) in [4.78, 5) is 85.4. The van der Waals surface area contributed by atoms with Gasteiger partial charge in [0.1, 0.15) is 41.7 Å². The minimum Gasteiger partial charge on any atom is -0.460 e. The quantitative estimate of drug-likeness (QED) is 0.107. The molecule has 5 N–H and O–H groups in total. The molecule has 74 heavy (non-hydrogen) atoms. The van der Waals surface area contributed by atoms with Crippen LogP contribution in [0.25, 0.3) is 0 Å². The first kappa shape index (κ1) is 62.6. The van der Waals surface area contributed by atoms with Crippen molar-refractivity contribution in [2.45, 2.75) is 180 Å². The number of carbonyl (C=O) groups is 6. The van der Waals surface area contributed by atoms with Crippen LogP contribution in [0.4, 0.5) is 0 Å². The monoisotopic (exact) mass is 1050 g/mol. The summed E-state index contributed by atoms with van der Waals surface area (Å²) in [7, 11) is 4.32. The van der Waals surface area contributed by atoms with Gasteiger partial charge in [-0.05, 0) is 107 Å². The van der Waals surface area contributed by atoms with Crippen LogP contribution < -0.4 is 0 Å². The maximum Gasteiger partial charge on any atom is 0.329 e. The summed E-state index contributed by atoms with van der Waals surface area (Å²) >= 11 is 0. The molecule has 18 heteroatoms. The summed E-state index contributed by atoms with van der Waals surface area (Å²) in [6.07, 6.45) is 8.33. The number of ether oxygens (including phenoxy) is 6. The van der Waals surface area contributed by atoms with Gasteiger partial charge in [0.2, 0.25) is 5.79 Å². The first-order valence-corrected chi connectivity index (χ1v) is 26.6. The van der Waals surface area contributed by atoms with Crippen molar-refractivity contribution >= 4 is 35.2 Å². The van der Waals surface area contributed by atoms with E-state index in [1.54, 1.807) is 52.0 Å². The minimum absolute atomic E-state index is 0.0184. The van der Waals surface area contributed by atoms with Crippen molar-refractivity contribution in [2.24, 2.45) is 40.9 Å². The molecule has 3 fully saturated rings. The molecule has 1 amide bonds. The number of carbonyl (C=O) groups excluding carboxylic acids is 6. The zero-order valence-electron chi connectivity index (χ0n) is 45.4. The summed E-state index contributed by atoms with van der Waals surface area (Å²) < 4.78 is 35.3. The van der Waals surface area contributed by atoms with Gasteiger partial charge in [0.15, 0.2) is 5.78 Å². The summed E-state index contributed by atoms with van der Waals surface area (Å²) in [5.41, 5.74) is -0.658. The molecule has 0 unspecified atom stereocenters. The van der Waals surface area contributed by atoms with Crippen molar-refractivity contribution < 1.29 is 82.7 Å². The predicted molar refractivity (Wildman–Crippen MR) is 273 cm³/mol. The lowest BCUT2D eigenvalue weighted by molar-refractivity contribution is -0.265. The molecule has 15 atom stereocenters. The number of rotatable bonds is 11. The number of piperidine rings is 1. The van der Waals surface area contributed by atoms with Crippen LogP contribution >= 0.6 is 0 Å². The van der Waals surface area contributed by atoms with Crippen molar-refractivity contribution in [1.82, 2.24) is 4.90 Å². The number of hydrogen-bond acceptors (Lipinski definition) is 17. The molecule has 1 aliphatic carbocycles. The number of allylic oxidation sites excluding steroid dienone is 6. The molecule has 18 nitrogen and oxygen atoms in total. The van der Waals surface area contributed by atoms with Crippen LogP contribution in [0.1, 0.15) is 126 Å². The number of fused-ring (bicyclic) bond motifs is 3. The average Bonchev–Trinajstić information content (AvgIpc) is 3.39. The first-order chi connectivity index (χ1) is 35.0. The third-order valence-electron chi connectivity index (χ3n) is 15.9. The van der Waals surface area contributed by atoms with Crippen molar-refractivity contribution in [3.05, 3.63) is 47.6 Å². The Kier molecular flexibility index (Phi) is 24.5. The zero-order valence-corrected chi connectivity index (χ0v) is 45.4. The van der Waals surface area contributed by atoms with Crippen LogP contribution in [0.3, 0.4) is 0 Å². The maximum absolute atomic E-state index is 14.6. The third kappa shape index (κ3) is 16.0. The smallest absolute Gasteiger partial charge is 0.329 e. The van der Waals surface area contributed by atoms with Crippen molar-refractivity contribution in [3.8, 4) is 0 Å². The molecular formula is C56H87NO17. The predicted octanol–water partition coefficient (Wildman–Crippen LogP) is 4.69. The second-order valence-corrected chi connectivity index (χ2v) is 21.8. The van der Waals surface area contributed by atoms with Gasteiger partial charge >= 0.3 is 11.9 Å². The molecule has 4 rings (SSSR count). The van der Waals surface area contributed by atoms with Gasteiger partial charge in [0.05, 0.1) is 38.1 Å². The van der Waals surface area contributed by atoms with E-state index >= 15 is 0 Å². The number of hydrogen-bond donors (Lipinski definition) is 5.